The Balaban J connectivity index is 2.11. The third kappa shape index (κ3) is 2.23. The van der Waals surface area contributed by atoms with Gasteiger partial charge in [-0.3, -0.25) is 4.79 Å². The summed E-state index contributed by atoms with van der Waals surface area (Å²) in [5, 5.41) is 9.18. The van der Waals surface area contributed by atoms with Crippen LogP contribution in [-0.2, 0) is 4.79 Å². The van der Waals surface area contributed by atoms with Crippen molar-refractivity contribution in [3.8, 4) is 0 Å². The average Bonchev–Trinajstić information content (AvgIpc) is 2.29. The second-order valence-corrected chi connectivity index (χ2v) is 6.70. The van der Waals surface area contributed by atoms with Crippen LogP contribution in [0.4, 0.5) is 0 Å². The van der Waals surface area contributed by atoms with Crippen LogP contribution >= 0.6 is 0 Å². The molecule has 2 nitrogen and oxygen atoms in total. The Morgan fingerprint density at radius 2 is 2.00 bits per heavy atom. The number of aliphatic carboxylic acids is 1. The maximum absolute atomic E-state index is 11.1. The molecule has 0 heterocycles. The summed E-state index contributed by atoms with van der Waals surface area (Å²) < 4.78 is 0. The maximum Gasteiger partial charge on any atom is 0.306 e. The summed E-state index contributed by atoms with van der Waals surface area (Å²) in [5.41, 5.74) is 0.408. The van der Waals surface area contributed by atoms with Crippen LogP contribution in [0.5, 0.6) is 0 Å². The summed E-state index contributed by atoms with van der Waals surface area (Å²) in [4.78, 5) is 11.1. The van der Waals surface area contributed by atoms with E-state index in [-0.39, 0.29) is 5.92 Å². The van der Waals surface area contributed by atoms with E-state index in [1.54, 1.807) is 0 Å². The monoisotopic (exact) mass is 238 g/mol. The SMILES string of the molecule is CC(C(=O)O)[C@@H]1CC[C@H]2CCC[C@H](C)[C@@]2(C)C1. The zero-order valence-electron chi connectivity index (χ0n) is 11.4. The van der Waals surface area contributed by atoms with E-state index in [4.69, 9.17) is 0 Å². The van der Waals surface area contributed by atoms with Crippen LogP contribution in [0.25, 0.3) is 0 Å². The highest BCUT2D eigenvalue weighted by Gasteiger charge is 2.47. The smallest absolute Gasteiger partial charge is 0.306 e. The molecule has 0 bridgehead atoms. The van der Waals surface area contributed by atoms with Crippen molar-refractivity contribution in [2.75, 3.05) is 0 Å². The molecule has 0 aromatic carbocycles. The van der Waals surface area contributed by atoms with Gasteiger partial charge in [-0.1, -0.05) is 33.6 Å². The summed E-state index contributed by atoms with van der Waals surface area (Å²) in [7, 11) is 0. The van der Waals surface area contributed by atoms with E-state index >= 15 is 0 Å². The highest BCUT2D eigenvalue weighted by Crippen LogP contribution is 2.55. The van der Waals surface area contributed by atoms with Crippen LogP contribution in [0.3, 0.4) is 0 Å². The van der Waals surface area contributed by atoms with Gasteiger partial charge in [0.25, 0.3) is 0 Å². The fourth-order valence-electron chi connectivity index (χ4n) is 4.28. The fraction of sp³-hybridized carbons (Fsp3) is 0.933. The number of carboxylic acids is 1. The Hall–Kier alpha value is -0.530. The van der Waals surface area contributed by atoms with Gasteiger partial charge in [0.2, 0.25) is 0 Å². The van der Waals surface area contributed by atoms with Crippen LogP contribution in [0, 0.1) is 29.1 Å². The lowest BCUT2D eigenvalue weighted by atomic mass is 9.53. The van der Waals surface area contributed by atoms with Gasteiger partial charge in [-0.2, -0.15) is 0 Å². The summed E-state index contributed by atoms with van der Waals surface area (Å²) in [6, 6.07) is 0. The number of fused-ring (bicyclic) bond motifs is 1. The van der Waals surface area contributed by atoms with Gasteiger partial charge in [0, 0.05) is 0 Å². The molecule has 2 rings (SSSR count). The lowest BCUT2D eigenvalue weighted by molar-refractivity contribution is -0.145. The van der Waals surface area contributed by atoms with Gasteiger partial charge in [0.05, 0.1) is 5.92 Å². The van der Waals surface area contributed by atoms with Crippen molar-refractivity contribution >= 4 is 5.97 Å². The largest absolute Gasteiger partial charge is 0.481 e. The lowest BCUT2D eigenvalue weighted by Crippen LogP contribution is -2.44. The topological polar surface area (TPSA) is 37.3 Å². The van der Waals surface area contributed by atoms with Crippen molar-refractivity contribution in [2.24, 2.45) is 29.1 Å². The molecule has 1 unspecified atom stereocenters. The van der Waals surface area contributed by atoms with Gasteiger partial charge in [0.1, 0.15) is 0 Å². The molecule has 0 aromatic heterocycles. The summed E-state index contributed by atoms with van der Waals surface area (Å²) >= 11 is 0. The third-order valence-electron chi connectivity index (χ3n) is 5.93. The van der Waals surface area contributed by atoms with Crippen molar-refractivity contribution in [3.63, 3.8) is 0 Å². The molecule has 0 aliphatic heterocycles. The first-order valence-electron chi connectivity index (χ1n) is 7.18. The Morgan fingerprint density at radius 1 is 1.29 bits per heavy atom. The first-order chi connectivity index (χ1) is 7.95. The standard InChI is InChI=1S/C15H26O2/c1-10-5-4-6-13-8-7-12(9-15(10,13)3)11(2)14(16)17/h10-13H,4-9H2,1-3H3,(H,16,17)/t10-,11?,12+,13+,15+/m0/s1. The lowest BCUT2D eigenvalue weighted by Gasteiger charge is -2.52. The molecule has 0 radical (unpaired) electrons. The molecule has 2 aliphatic carbocycles. The predicted octanol–water partition coefficient (Wildman–Crippen LogP) is 3.95. The van der Waals surface area contributed by atoms with Gasteiger partial charge in [-0.05, 0) is 48.9 Å². The van der Waals surface area contributed by atoms with Crippen LogP contribution < -0.4 is 0 Å². The number of carboxylic acid groups (broad SMARTS) is 1. The zero-order chi connectivity index (χ0) is 12.6. The Bertz CT molecular complexity index is 299. The minimum atomic E-state index is -0.611. The molecule has 2 heteroatoms. The van der Waals surface area contributed by atoms with Gasteiger partial charge in [-0.15, -0.1) is 0 Å². The van der Waals surface area contributed by atoms with Gasteiger partial charge in [0.15, 0.2) is 0 Å². The number of rotatable bonds is 2. The fourth-order valence-corrected chi connectivity index (χ4v) is 4.28. The zero-order valence-corrected chi connectivity index (χ0v) is 11.4. The van der Waals surface area contributed by atoms with Crippen LogP contribution in [0.2, 0.25) is 0 Å². The molecule has 1 N–H and O–H groups in total. The van der Waals surface area contributed by atoms with Crippen molar-refractivity contribution in [2.45, 2.75) is 59.3 Å². The molecule has 98 valence electrons. The van der Waals surface area contributed by atoms with Crippen LogP contribution in [-0.4, -0.2) is 11.1 Å². The molecule has 0 amide bonds. The molecule has 2 saturated carbocycles. The molecular weight excluding hydrogens is 212 g/mol. The highest BCUT2D eigenvalue weighted by atomic mass is 16.4. The van der Waals surface area contributed by atoms with Crippen molar-refractivity contribution < 1.29 is 9.90 Å². The maximum atomic E-state index is 11.1. The molecule has 0 spiro atoms. The molecule has 2 fully saturated rings. The summed E-state index contributed by atoms with van der Waals surface area (Å²) in [5.74, 6) is 1.24. The van der Waals surface area contributed by atoms with E-state index < -0.39 is 5.97 Å². The van der Waals surface area contributed by atoms with Crippen molar-refractivity contribution in [3.05, 3.63) is 0 Å². The quantitative estimate of drug-likeness (QED) is 0.791. The van der Waals surface area contributed by atoms with Crippen molar-refractivity contribution in [1.29, 1.82) is 0 Å². The van der Waals surface area contributed by atoms with E-state index in [1.165, 1.54) is 25.7 Å². The van der Waals surface area contributed by atoms with Crippen molar-refractivity contribution in [1.82, 2.24) is 0 Å². The molecule has 0 aromatic rings. The van der Waals surface area contributed by atoms with Gasteiger partial charge in [-0.25, -0.2) is 0 Å². The van der Waals surface area contributed by atoms with E-state index in [0.29, 0.717) is 11.3 Å². The van der Waals surface area contributed by atoms with Gasteiger partial charge >= 0.3 is 5.97 Å². The minimum Gasteiger partial charge on any atom is -0.481 e. The summed E-state index contributed by atoms with van der Waals surface area (Å²) in [6.07, 6.45) is 7.59. The summed E-state index contributed by atoms with van der Waals surface area (Å²) in [6.45, 7) is 6.69. The van der Waals surface area contributed by atoms with E-state index in [9.17, 15) is 9.90 Å². The molecule has 5 atom stereocenters. The Labute approximate surface area is 105 Å². The normalized spacial score (nSPS) is 43.8. The number of hydrogen-bond donors (Lipinski definition) is 1. The first kappa shape index (κ1) is 12.9. The molecule has 2 aliphatic rings. The minimum absolute atomic E-state index is 0.165. The predicted molar refractivity (Wildman–Crippen MR) is 68.8 cm³/mol. The second kappa shape index (κ2) is 4.62. The van der Waals surface area contributed by atoms with Gasteiger partial charge < -0.3 is 5.11 Å². The molecule has 0 saturated heterocycles. The Morgan fingerprint density at radius 3 is 2.65 bits per heavy atom. The second-order valence-electron chi connectivity index (χ2n) is 6.70. The Kier molecular flexibility index (Phi) is 3.51. The first-order valence-corrected chi connectivity index (χ1v) is 7.18. The highest BCUT2D eigenvalue weighted by molar-refractivity contribution is 5.69. The van der Waals surface area contributed by atoms with Crippen LogP contribution in [0.1, 0.15) is 59.3 Å². The van der Waals surface area contributed by atoms with E-state index in [2.05, 4.69) is 13.8 Å². The number of hydrogen-bond acceptors (Lipinski definition) is 1. The molecular formula is C15H26O2. The van der Waals surface area contributed by atoms with E-state index in [1.807, 2.05) is 6.92 Å². The van der Waals surface area contributed by atoms with Crippen LogP contribution in [0.15, 0.2) is 0 Å². The third-order valence-corrected chi connectivity index (χ3v) is 5.93. The van der Waals surface area contributed by atoms with E-state index in [0.717, 1.165) is 24.7 Å². The average molecular weight is 238 g/mol. The molecule has 17 heavy (non-hydrogen) atoms. The number of carbonyl (C=O) groups is 1.